The first kappa shape index (κ1) is 11.6. The van der Waals surface area contributed by atoms with Crippen molar-refractivity contribution in [3.8, 4) is 5.75 Å². The Morgan fingerprint density at radius 2 is 1.82 bits per heavy atom. The molecule has 4 nitrogen and oxygen atoms in total. The van der Waals surface area contributed by atoms with E-state index < -0.39 is 11.8 Å². The quantitative estimate of drug-likeness (QED) is 0.728. The Bertz CT molecular complexity index is 512. The lowest BCUT2D eigenvalue weighted by molar-refractivity contribution is 0.0879. The van der Waals surface area contributed by atoms with E-state index in [1.807, 2.05) is 20.8 Å². The first-order chi connectivity index (χ1) is 7.79. The zero-order chi connectivity index (χ0) is 12.8. The summed E-state index contributed by atoms with van der Waals surface area (Å²) in [6.07, 6.45) is 0.646. The number of hydrogen-bond acceptors (Lipinski definition) is 3. The van der Waals surface area contributed by atoms with Crippen molar-refractivity contribution >= 4 is 11.8 Å². The van der Waals surface area contributed by atoms with Gasteiger partial charge in [-0.25, -0.2) is 0 Å². The highest BCUT2D eigenvalue weighted by Crippen LogP contribution is 2.33. The number of benzene rings is 1. The van der Waals surface area contributed by atoms with Crippen LogP contribution in [-0.4, -0.2) is 16.9 Å². The van der Waals surface area contributed by atoms with Crippen LogP contribution in [0.5, 0.6) is 5.75 Å². The molecule has 0 fully saturated rings. The highest BCUT2D eigenvalue weighted by Gasteiger charge is 2.31. The Kier molecular flexibility index (Phi) is 2.45. The second-order valence-electron chi connectivity index (χ2n) is 5.52. The number of aromatic hydroxyl groups is 1. The molecule has 0 spiro atoms. The summed E-state index contributed by atoms with van der Waals surface area (Å²) in [7, 11) is 0. The zero-order valence-electron chi connectivity index (χ0n) is 10.1. The van der Waals surface area contributed by atoms with Crippen LogP contribution in [-0.2, 0) is 6.42 Å². The van der Waals surface area contributed by atoms with Crippen molar-refractivity contribution in [2.45, 2.75) is 27.2 Å². The number of phenolic OH excluding ortho intramolecular Hbond substituents is 1. The van der Waals surface area contributed by atoms with Crippen LogP contribution in [0.4, 0.5) is 0 Å². The largest absolute Gasteiger partial charge is 0.507 e. The van der Waals surface area contributed by atoms with E-state index in [-0.39, 0.29) is 22.3 Å². The molecule has 90 valence electrons. The molecule has 1 heterocycles. The maximum atomic E-state index is 11.5. The normalized spacial score (nSPS) is 14.8. The van der Waals surface area contributed by atoms with E-state index in [0.717, 1.165) is 0 Å². The molecule has 0 atom stereocenters. The molecule has 1 aliphatic rings. The second-order valence-corrected chi connectivity index (χ2v) is 5.52. The van der Waals surface area contributed by atoms with Gasteiger partial charge in [0.25, 0.3) is 11.8 Å². The van der Waals surface area contributed by atoms with E-state index in [4.69, 9.17) is 0 Å². The summed E-state index contributed by atoms with van der Waals surface area (Å²) in [5.74, 6) is -1.03. The zero-order valence-corrected chi connectivity index (χ0v) is 10.1. The summed E-state index contributed by atoms with van der Waals surface area (Å²) in [5.41, 5.74) is 1.06. The highest BCUT2D eigenvalue weighted by molar-refractivity contribution is 6.22. The van der Waals surface area contributed by atoms with Crippen molar-refractivity contribution in [3.05, 3.63) is 28.8 Å². The number of phenols is 1. The fraction of sp³-hybridized carbons (Fsp3) is 0.385. The van der Waals surface area contributed by atoms with Gasteiger partial charge in [0.1, 0.15) is 5.75 Å². The van der Waals surface area contributed by atoms with Gasteiger partial charge >= 0.3 is 0 Å². The highest BCUT2D eigenvalue weighted by atomic mass is 16.3. The summed E-state index contributed by atoms with van der Waals surface area (Å²) in [5, 5.41) is 12.2. The smallest absolute Gasteiger partial charge is 0.262 e. The van der Waals surface area contributed by atoms with E-state index in [1.165, 1.54) is 0 Å². The van der Waals surface area contributed by atoms with Gasteiger partial charge in [0.2, 0.25) is 0 Å². The van der Waals surface area contributed by atoms with E-state index in [2.05, 4.69) is 5.32 Å². The molecule has 17 heavy (non-hydrogen) atoms. The number of amides is 2. The van der Waals surface area contributed by atoms with Crippen LogP contribution in [0.25, 0.3) is 0 Å². The van der Waals surface area contributed by atoms with Crippen LogP contribution in [0, 0.1) is 5.41 Å². The molecular formula is C13H15NO3. The molecule has 2 N–H and O–H groups in total. The minimum absolute atomic E-state index is 0.00477. The van der Waals surface area contributed by atoms with Gasteiger partial charge in [-0.15, -0.1) is 0 Å². The van der Waals surface area contributed by atoms with Gasteiger partial charge in [-0.1, -0.05) is 26.8 Å². The molecule has 0 aliphatic carbocycles. The van der Waals surface area contributed by atoms with Gasteiger partial charge in [0.15, 0.2) is 0 Å². The average molecular weight is 233 g/mol. The molecule has 0 radical (unpaired) electrons. The molecule has 4 heteroatoms. The fourth-order valence-corrected chi connectivity index (χ4v) is 2.00. The van der Waals surface area contributed by atoms with E-state index >= 15 is 0 Å². The number of carbonyl (C=O) groups is 2. The van der Waals surface area contributed by atoms with Crippen molar-refractivity contribution in [3.63, 3.8) is 0 Å². The van der Waals surface area contributed by atoms with Crippen molar-refractivity contribution in [2.24, 2.45) is 5.41 Å². The molecule has 2 amide bonds. The predicted molar refractivity (Wildman–Crippen MR) is 63.1 cm³/mol. The molecule has 1 aromatic carbocycles. The van der Waals surface area contributed by atoms with Crippen LogP contribution in [0.3, 0.4) is 0 Å². The summed E-state index contributed by atoms with van der Waals surface area (Å²) >= 11 is 0. The van der Waals surface area contributed by atoms with Gasteiger partial charge in [-0.05, 0) is 23.5 Å². The number of carbonyl (C=O) groups excluding carboxylic acids is 2. The molecule has 2 rings (SSSR count). The molecular weight excluding hydrogens is 218 g/mol. The molecule has 1 aliphatic heterocycles. The first-order valence-corrected chi connectivity index (χ1v) is 5.50. The van der Waals surface area contributed by atoms with Crippen molar-refractivity contribution < 1.29 is 14.7 Å². The van der Waals surface area contributed by atoms with Crippen LogP contribution >= 0.6 is 0 Å². The minimum Gasteiger partial charge on any atom is -0.507 e. The monoisotopic (exact) mass is 233 g/mol. The van der Waals surface area contributed by atoms with Gasteiger partial charge in [0.05, 0.1) is 11.1 Å². The van der Waals surface area contributed by atoms with E-state index in [1.54, 1.807) is 12.1 Å². The molecule has 0 aromatic heterocycles. The van der Waals surface area contributed by atoms with E-state index in [0.29, 0.717) is 12.0 Å². The first-order valence-electron chi connectivity index (χ1n) is 5.50. The van der Waals surface area contributed by atoms with E-state index in [9.17, 15) is 14.7 Å². The molecule has 0 saturated carbocycles. The lowest BCUT2D eigenvalue weighted by Gasteiger charge is -2.19. The summed E-state index contributed by atoms with van der Waals surface area (Å²) in [6.45, 7) is 6.14. The fourth-order valence-electron chi connectivity index (χ4n) is 2.00. The molecule has 1 aromatic rings. The Hall–Kier alpha value is -1.84. The maximum absolute atomic E-state index is 11.5. The molecule has 0 unspecified atom stereocenters. The molecule has 0 saturated heterocycles. The van der Waals surface area contributed by atoms with Crippen LogP contribution in [0.1, 0.15) is 47.1 Å². The third-order valence-electron chi connectivity index (χ3n) is 2.68. The molecule has 0 bridgehead atoms. The third kappa shape index (κ3) is 2.02. The van der Waals surface area contributed by atoms with Crippen molar-refractivity contribution in [2.75, 3.05) is 0 Å². The minimum atomic E-state index is -0.516. The number of rotatable bonds is 1. The van der Waals surface area contributed by atoms with Crippen LogP contribution < -0.4 is 5.32 Å². The summed E-state index contributed by atoms with van der Waals surface area (Å²) in [4.78, 5) is 22.9. The van der Waals surface area contributed by atoms with Crippen molar-refractivity contribution in [1.82, 2.24) is 5.32 Å². The Labute approximate surface area is 99.6 Å². The maximum Gasteiger partial charge on any atom is 0.262 e. The standard InChI is InChI=1S/C13H15NO3/c1-13(2,3)6-7-4-5-8-9(10(7)15)12(17)14-11(8)16/h4-5,15H,6H2,1-3H3,(H,14,16,17). The average Bonchev–Trinajstić information content (AvgIpc) is 2.45. The number of nitrogens with one attached hydrogen (secondary N) is 1. The topological polar surface area (TPSA) is 66.4 Å². The Balaban J connectivity index is 2.51. The summed E-state index contributed by atoms with van der Waals surface area (Å²) in [6, 6.07) is 3.30. The van der Waals surface area contributed by atoms with Gasteiger partial charge in [0, 0.05) is 0 Å². The number of hydrogen-bond donors (Lipinski definition) is 2. The number of imide groups is 1. The predicted octanol–water partition coefficient (Wildman–Crippen LogP) is 1.86. The van der Waals surface area contributed by atoms with Gasteiger partial charge < -0.3 is 5.11 Å². The summed E-state index contributed by atoms with van der Waals surface area (Å²) < 4.78 is 0. The third-order valence-corrected chi connectivity index (χ3v) is 2.68. The number of fused-ring (bicyclic) bond motifs is 1. The lowest BCUT2D eigenvalue weighted by Crippen LogP contribution is -2.20. The Morgan fingerprint density at radius 3 is 2.41 bits per heavy atom. The Morgan fingerprint density at radius 1 is 1.18 bits per heavy atom. The van der Waals surface area contributed by atoms with Gasteiger partial charge in [-0.2, -0.15) is 0 Å². The second kappa shape index (κ2) is 3.58. The lowest BCUT2D eigenvalue weighted by atomic mass is 9.86. The van der Waals surface area contributed by atoms with Gasteiger partial charge in [-0.3, -0.25) is 14.9 Å². The SMILES string of the molecule is CC(C)(C)Cc1ccc2c(c1O)C(=O)NC2=O. The van der Waals surface area contributed by atoms with Crippen LogP contribution in [0.2, 0.25) is 0 Å². The van der Waals surface area contributed by atoms with Crippen LogP contribution in [0.15, 0.2) is 12.1 Å². The van der Waals surface area contributed by atoms with Crippen molar-refractivity contribution in [1.29, 1.82) is 0 Å².